The van der Waals surface area contributed by atoms with Crippen LogP contribution >= 0.6 is 24.0 Å². The lowest BCUT2D eigenvalue weighted by Gasteiger charge is -2.10. The van der Waals surface area contributed by atoms with Crippen LogP contribution in [0.15, 0.2) is 4.99 Å². The van der Waals surface area contributed by atoms with E-state index in [4.69, 9.17) is 10.5 Å². The number of carbonyl (C=O) groups excluding carboxylic acids is 1. The predicted molar refractivity (Wildman–Crippen MR) is 86.8 cm³/mol. The van der Waals surface area contributed by atoms with Gasteiger partial charge < -0.3 is 21.1 Å². The Hall–Kier alpha value is -0.570. The van der Waals surface area contributed by atoms with Gasteiger partial charge >= 0.3 is 0 Å². The fourth-order valence-electron chi connectivity index (χ4n) is 1.74. The minimum Gasteiger partial charge on any atom is -0.376 e. The first-order chi connectivity index (χ1) is 8.58. The topological polar surface area (TPSA) is 88.7 Å². The van der Waals surface area contributed by atoms with Crippen LogP contribution in [-0.2, 0) is 9.53 Å². The zero-order valence-electron chi connectivity index (χ0n) is 11.6. The molecule has 7 heteroatoms. The molecule has 19 heavy (non-hydrogen) atoms. The third-order valence-corrected chi connectivity index (χ3v) is 2.60. The molecule has 1 rings (SSSR count). The third kappa shape index (κ3) is 9.04. The van der Waals surface area contributed by atoms with Crippen molar-refractivity contribution in [1.29, 1.82) is 0 Å². The molecule has 1 fully saturated rings. The van der Waals surface area contributed by atoms with Gasteiger partial charge in [0.25, 0.3) is 0 Å². The van der Waals surface area contributed by atoms with Crippen LogP contribution in [0.3, 0.4) is 0 Å². The van der Waals surface area contributed by atoms with Crippen molar-refractivity contribution in [2.24, 2.45) is 10.7 Å². The first kappa shape index (κ1) is 18.4. The first-order valence-electron chi connectivity index (χ1n) is 6.52. The van der Waals surface area contributed by atoms with Crippen LogP contribution in [0.1, 0.15) is 33.1 Å². The van der Waals surface area contributed by atoms with Crippen LogP contribution in [0.2, 0.25) is 0 Å². The molecule has 0 radical (unpaired) electrons. The van der Waals surface area contributed by atoms with E-state index in [-0.39, 0.29) is 42.0 Å². The van der Waals surface area contributed by atoms with Crippen LogP contribution in [0.25, 0.3) is 0 Å². The Morgan fingerprint density at radius 1 is 1.53 bits per heavy atom. The number of nitrogens with two attached hydrogens (primary N) is 1. The molecule has 1 unspecified atom stereocenters. The summed E-state index contributed by atoms with van der Waals surface area (Å²) in [6.07, 6.45) is 2.75. The van der Waals surface area contributed by atoms with Crippen LogP contribution in [0, 0.1) is 0 Å². The van der Waals surface area contributed by atoms with Gasteiger partial charge in [0.2, 0.25) is 5.91 Å². The van der Waals surface area contributed by atoms with E-state index in [0.29, 0.717) is 25.5 Å². The fraction of sp³-hybridized carbons (Fsp3) is 0.833. The van der Waals surface area contributed by atoms with Crippen molar-refractivity contribution in [1.82, 2.24) is 10.6 Å². The van der Waals surface area contributed by atoms with Gasteiger partial charge in [0.05, 0.1) is 12.6 Å². The molecule has 1 heterocycles. The van der Waals surface area contributed by atoms with Crippen LogP contribution in [-0.4, -0.2) is 43.7 Å². The van der Waals surface area contributed by atoms with E-state index >= 15 is 0 Å². The number of hydrogen-bond acceptors (Lipinski definition) is 3. The largest absolute Gasteiger partial charge is 0.376 e. The summed E-state index contributed by atoms with van der Waals surface area (Å²) in [6, 6.07) is 0.169. The predicted octanol–water partition coefficient (Wildman–Crippen LogP) is 0.602. The zero-order chi connectivity index (χ0) is 13.4. The maximum atomic E-state index is 11.4. The van der Waals surface area contributed by atoms with E-state index in [1.54, 1.807) is 0 Å². The number of nitrogens with zero attached hydrogens (tertiary/aromatic N) is 1. The number of amides is 1. The van der Waals surface area contributed by atoms with E-state index in [9.17, 15) is 4.79 Å². The first-order valence-corrected chi connectivity index (χ1v) is 6.52. The lowest BCUT2D eigenvalue weighted by Crippen LogP contribution is -2.37. The second-order valence-corrected chi connectivity index (χ2v) is 4.76. The molecule has 0 bridgehead atoms. The Balaban J connectivity index is 0.00000324. The molecule has 0 aromatic carbocycles. The van der Waals surface area contributed by atoms with Crippen LogP contribution in [0.5, 0.6) is 0 Å². The second-order valence-electron chi connectivity index (χ2n) is 4.76. The van der Waals surface area contributed by atoms with Crippen LogP contribution < -0.4 is 16.4 Å². The van der Waals surface area contributed by atoms with Crippen molar-refractivity contribution < 1.29 is 9.53 Å². The number of guanidine groups is 1. The monoisotopic (exact) mass is 384 g/mol. The van der Waals surface area contributed by atoms with Crippen molar-refractivity contribution in [3.63, 3.8) is 0 Å². The van der Waals surface area contributed by atoms with Crippen molar-refractivity contribution in [3.8, 4) is 0 Å². The molecule has 0 aromatic heterocycles. The van der Waals surface area contributed by atoms with Gasteiger partial charge in [0.15, 0.2) is 5.96 Å². The summed E-state index contributed by atoms with van der Waals surface area (Å²) in [5.74, 6) is 0.396. The van der Waals surface area contributed by atoms with E-state index in [1.807, 2.05) is 13.8 Å². The molecule has 0 aliphatic carbocycles. The van der Waals surface area contributed by atoms with Crippen molar-refractivity contribution in [3.05, 3.63) is 0 Å². The molecule has 1 atom stereocenters. The Kier molecular flexibility index (Phi) is 9.94. The summed E-state index contributed by atoms with van der Waals surface area (Å²) >= 11 is 0. The number of halogens is 1. The quantitative estimate of drug-likeness (QED) is 0.356. The summed E-state index contributed by atoms with van der Waals surface area (Å²) < 4.78 is 5.44. The highest BCUT2D eigenvalue weighted by Gasteiger charge is 2.14. The molecular formula is C12H25IN4O2. The highest BCUT2D eigenvalue weighted by atomic mass is 127. The minimum absolute atomic E-state index is 0. The number of aliphatic imine (C=N–C) groups is 1. The van der Waals surface area contributed by atoms with Gasteiger partial charge in [-0.2, -0.15) is 0 Å². The van der Waals surface area contributed by atoms with Crippen molar-refractivity contribution in [2.45, 2.75) is 45.3 Å². The van der Waals surface area contributed by atoms with Gasteiger partial charge in [-0.3, -0.25) is 9.79 Å². The maximum Gasteiger partial charge on any atom is 0.221 e. The van der Waals surface area contributed by atoms with E-state index < -0.39 is 0 Å². The summed E-state index contributed by atoms with van der Waals surface area (Å²) in [6.45, 7) is 5.78. The van der Waals surface area contributed by atoms with Crippen LogP contribution in [0.4, 0.5) is 0 Å². The Morgan fingerprint density at radius 3 is 2.84 bits per heavy atom. The van der Waals surface area contributed by atoms with E-state index in [2.05, 4.69) is 15.6 Å². The molecular weight excluding hydrogens is 359 g/mol. The van der Waals surface area contributed by atoms with E-state index in [0.717, 1.165) is 19.4 Å². The summed E-state index contributed by atoms with van der Waals surface area (Å²) in [4.78, 5) is 15.5. The number of nitrogens with one attached hydrogen (secondary N) is 2. The molecule has 1 amide bonds. The summed E-state index contributed by atoms with van der Waals surface area (Å²) in [7, 11) is 0. The highest BCUT2D eigenvalue weighted by molar-refractivity contribution is 14.0. The van der Waals surface area contributed by atoms with E-state index in [1.165, 1.54) is 0 Å². The standard InChI is InChI=1S/C12H24N4O2.HI/c1-9(2)16-11(17)5-6-14-12(13)15-8-10-4-3-7-18-10;/h9-10H,3-8H2,1-2H3,(H,16,17)(H3,13,14,15);1H. The highest BCUT2D eigenvalue weighted by Crippen LogP contribution is 2.11. The molecule has 1 aliphatic rings. The Morgan fingerprint density at radius 2 is 2.26 bits per heavy atom. The maximum absolute atomic E-state index is 11.4. The third-order valence-electron chi connectivity index (χ3n) is 2.60. The Bertz CT molecular complexity index is 291. The van der Waals surface area contributed by atoms with Gasteiger partial charge in [0, 0.05) is 25.6 Å². The van der Waals surface area contributed by atoms with Crippen molar-refractivity contribution >= 4 is 35.8 Å². The molecule has 4 N–H and O–H groups in total. The molecule has 0 spiro atoms. The fourth-order valence-corrected chi connectivity index (χ4v) is 1.74. The van der Waals surface area contributed by atoms with Crippen molar-refractivity contribution in [2.75, 3.05) is 19.7 Å². The molecule has 1 aliphatic heterocycles. The SMILES string of the molecule is CC(C)NC(=O)CCNC(N)=NCC1CCCO1.I. The summed E-state index contributed by atoms with van der Waals surface area (Å²) in [5.41, 5.74) is 5.69. The molecule has 6 nitrogen and oxygen atoms in total. The number of carbonyl (C=O) groups is 1. The van der Waals surface area contributed by atoms with Gasteiger partial charge in [0.1, 0.15) is 0 Å². The smallest absolute Gasteiger partial charge is 0.221 e. The van der Waals surface area contributed by atoms with Gasteiger partial charge in [-0.05, 0) is 26.7 Å². The average Bonchev–Trinajstić information content (AvgIpc) is 2.78. The average molecular weight is 384 g/mol. The lowest BCUT2D eigenvalue weighted by atomic mass is 10.2. The number of hydrogen-bond donors (Lipinski definition) is 3. The number of ether oxygens (including phenoxy) is 1. The Labute approximate surface area is 132 Å². The molecule has 0 saturated carbocycles. The zero-order valence-corrected chi connectivity index (χ0v) is 14.0. The van der Waals surface area contributed by atoms with Gasteiger partial charge in [-0.15, -0.1) is 24.0 Å². The molecule has 112 valence electrons. The number of rotatable bonds is 6. The molecule has 1 saturated heterocycles. The lowest BCUT2D eigenvalue weighted by molar-refractivity contribution is -0.121. The molecule has 0 aromatic rings. The van der Waals surface area contributed by atoms with Gasteiger partial charge in [-0.25, -0.2) is 0 Å². The summed E-state index contributed by atoms with van der Waals surface area (Å²) in [5, 5.41) is 5.74. The van der Waals surface area contributed by atoms with Gasteiger partial charge in [-0.1, -0.05) is 0 Å². The minimum atomic E-state index is 0. The normalized spacial score (nSPS) is 19.1. The second kappa shape index (κ2) is 10.2.